The Kier molecular flexibility index (Phi) is 5.66. The van der Waals surface area contributed by atoms with E-state index in [4.69, 9.17) is 4.74 Å². The molecule has 11 heteroatoms. The molecule has 1 N–H and O–H groups in total. The molecule has 31 heavy (non-hydrogen) atoms. The van der Waals surface area contributed by atoms with Crippen LogP contribution in [0.5, 0.6) is 5.75 Å². The third-order valence-electron chi connectivity index (χ3n) is 5.16. The smallest absolute Gasteiger partial charge is 0.397 e. The molecule has 0 atom stereocenters. The Morgan fingerprint density at radius 3 is 2.39 bits per heavy atom. The summed E-state index contributed by atoms with van der Waals surface area (Å²) in [5.41, 5.74) is 1.55. The molecule has 0 radical (unpaired) electrons. The third kappa shape index (κ3) is 5.22. The molecule has 0 spiro atoms. The van der Waals surface area contributed by atoms with E-state index in [0.717, 1.165) is 10.6 Å². The average molecular weight is 435 g/mol. The van der Waals surface area contributed by atoms with E-state index in [1.54, 1.807) is 36.7 Å². The zero-order valence-electron chi connectivity index (χ0n) is 16.4. The van der Waals surface area contributed by atoms with Gasteiger partial charge in [0.2, 0.25) is 11.8 Å². The Morgan fingerprint density at radius 1 is 1.06 bits per heavy atom. The fourth-order valence-corrected chi connectivity index (χ4v) is 3.38. The van der Waals surface area contributed by atoms with Gasteiger partial charge in [-0.05, 0) is 30.3 Å². The summed E-state index contributed by atoms with van der Waals surface area (Å²) in [6.07, 6.45) is -3.04. The van der Waals surface area contributed by atoms with Crippen molar-refractivity contribution in [3.05, 3.63) is 42.7 Å². The van der Waals surface area contributed by atoms with Crippen molar-refractivity contribution in [3.8, 4) is 5.75 Å². The molecule has 2 aromatic rings. The number of benzene rings is 1. The number of amides is 2. The molecule has 2 aliphatic rings. The van der Waals surface area contributed by atoms with Gasteiger partial charge in [-0.3, -0.25) is 9.59 Å². The summed E-state index contributed by atoms with van der Waals surface area (Å²) in [4.78, 5) is 27.0. The summed E-state index contributed by atoms with van der Waals surface area (Å²) in [5.74, 6) is -0.630. The molecule has 1 aromatic carbocycles. The first-order valence-electron chi connectivity index (χ1n) is 9.70. The largest absolute Gasteiger partial charge is 0.487 e. The van der Waals surface area contributed by atoms with Crippen LogP contribution < -0.4 is 15.0 Å². The maximum atomic E-state index is 12.4. The van der Waals surface area contributed by atoms with Gasteiger partial charge in [-0.2, -0.15) is 23.4 Å². The van der Waals surface area contributed by atoms with Crippen LogP contribution >= 0.6 is 0 Å². The molecule has 2 fully saturated rings. The number of halogens is 3. The van der Waals surface area contributed by atoms with Crippen molar-refractivity contribution in [2.75, 3.05) is 36.4 Å². The van der Waals surface area contributed by atoms with Gasteiger partial charge in [-0.25, -0.2) is 0 Å². The normalized spacial score (nSPS) is 17.0. The van der Waals surface area contributed by atoms with Gasteiger partial charge >= 0.3 is 6.18 Å². The van der Waals surface area contributed by atoms with Crippen LogP contribution in [0.2, 0.25) is 0 Å². The lowest BCUT2D eigenvalue weighted by molar-refractivity contribution is -0.167. The number of anilines is 2. The van der Waals surface area contributed by atoms with Crippen molar-refractivity contribution >= 4 is 23.2 Å². The number of nitrogens with zero attached hydrogens (tertiary/aromatic N) is 4. The molecule has 4 rings (SSSR count). The molecule has 164 valence electrons. The molecular formula is C20H20F3N5O3. The van der Waals surface area contributed by atoms with E-state index in [-0.39, 0.29) is 31.0 Å². The van der Waals surface area contributed by atoms with Crippen LogP contribution in [0.15, 0.2) is 42.7 Å². The molecule has 8 nitrogen and oxygen atoms in total. The second-order valence-electron chi connectivity index (χ2n) is 7.55. The molecule has 0 bridgehead atoms. The number of aromatic nitrogens is 2. The Balaban J connectivity index is 1.19. The number of hydrogen-bond donors (Lipinski definition) is 1. The fourth-order valence-electron chi connectivity index (χ4n) is 3.38. The molecule has 3 heterocycles. The fraction of sp³-hybridized carbons (Fsp3) is 0.400. The number of carbonyl (C=O) groups is 2. The number of hydrogen-bond acceptors (Lipinski definition) is 6. The van der Waals surface area contributed by atoms with Gasteiger partial charge in [0.15, 0.2) is 0 Å². The van der Waals surface area contributed by atoms with E-state index in [2.05, 4.69) is 15.5 Å². The zero-order chi connectivity index (χ0) is 22.0. The standard InChI is InChI=1S/C20H20F3N5O3/c21-20(22,23)7-18(29)28-11-17(12-28)31-16-3-1-14(2-4-16)26-19(30)13-9-27(10-13)15-5-6-24-25-8-15/h1-6,8,13,17H,7,9-12H2,(H,26,30). The van der Waals surface area contributed by atoms with Crippen molar-refractivity contribution in [1.29, 1.82) is 0 Å². The van der Waals surface area contributed by atoms with Crippen LogP contribution in [0, 0.1) is 5.92 Å². The highest BCUT2D eigenvalue weighted by molar-refractivity contribution is 5.94. The van der Waals surface area contributed by atoms with E-state index < -0.39 is 18.5 Å². The highest BCUT2D eigenvalue weighted by atomic mass is 19.4. The number of rotatable bonds is 6. The Bertz CT molecular complexity index is 927. The van der Waals surface area contributed by atoms with E-state index in [1.165, 1.54) is 0 Å². The Hall–Kier alpha value is -3.37. The lowest BCUT2D eigenvalue weighted by atomic mass is 9.98. The van der Waals surface area contributed by atoms with Crippen LogP contribution in [-0.2, 0) is 9.59 Å². The number of likely N-dealkylation sites (tertiary alicyclic amines) is 1. The molecular weight excluding hydrogens is 415 g/mol. The van der Waals surface area contributed by atoms with Gasteiger partial charge in [-0.15, -0.1) is 0 Å². The number of carbonyl (C=O) groups excluding carboxylic acids is 2. The molecule has 2 aliphatic heterocycles. The molecule has 2 amide bonds. The predicted molar refractivity (Wildman–Crippen MR) is 104 cm³/mol. The molecule has 0 unspecified atom stereocenters. The van der Waals surface area contributed by atoms with Gasteiger partial charge in [0.05, 0.1) is 37.1 Å². The van der Waals surface area contributed by atoms with Crippen LogP contribution in [-0.4, -0.2) is 65.4 Å². The summed E-state index contributed by atoms with van der Waals surface area (Å²) in [6, 6.07) is 8.58. The van der Waals surface area contributed by atoms with E-state index in [0.29, 0.717) is 24.5 Å². The van der Waals surface area contributed by atoms with Gasteiger partial charge in [-0.1, -0.05) is 0 Å². The number of ether oxygens (including phenoxy) is 1. The Labute approximate surface area is 176 Å². The van der Waals surface area contributed by atoms with Gasteiger partial charge in [0, 0.05) is 18.8 Å². The molecule has 1 aromatic heterocycles. The maximum absolute atomic E-state index is 12.4. The maximum Gasteiger partial charge on any atom is 0.397 e. The minimum atomic E-state index is -4.50. The van der Waals surface area contributed by atoms with Crippen molar-refractivity contribution in [2.45, 2.75) is 18.7 Å². The summed E-state index contributed by atoms with van der Waals surface area (Å²) >= 11 is 0. The van der Waals surface area contributed by atoms with Crippen LogP contribution in [0.3, 0.4) is 0 Å². The van der Waals surface area contributed by atoms with Gasteiger partial charge in [0.1, 0.15) is 18.3 Å². The SMILES string of the molecule is O=C(Nc1ccc(OC2CN(C(=O)CC(F)(F)F)C2)cc1)C1CN(c2ccnnc2)C1. The van der Waals surface area contributed by atoms with Crippen molar-refractivity contribution < 1.29 is 27.5 Å². The van der Waals surface area contributed by atoms with Crippen molar-refractivity contribution in [1.82, 2.24) is 15.1 Å². The lowest BCUT2D eigenvalue weighted by Crippen LogP contribution is -2.56. The van der Waals surface area contributed by atoms with Gasteiger partial charge in [0.25, 0.3) is 0 Å². The lowest BCUT2D eigenvalue weighted by Gasteiger charge is -2.39. The summed E-state index contributed by atoms with van der Waals surface area (Å²) < 4.78 is 42.4. The third-order valence-corrected chi connectivity index (χ3v) is 5.16. The minimum absolute atomic E-state index is 0.0789. The number of nitrogens with one attached hydrogen (secondary N) is 1. The summed E-state index contributed by atoms with van der Waals surface area (Å²) in [6.45, 7) is 1.45. The van der Waals surface area contributed by atoms with Crippen molar-refractivity contribution in [3.63, 3.8) is 0 Å². The van der Waals surface area contributed by atoms with Crippen LogP contribution in [0.4, 0.5) is 24.5 Å². The average Bonchev–Trinajstić information content (AvgIpc) is 2.64. The van der Waals surface area contributed by atoms with Crippen molar-refractivity contribution in [2.24, 2.45) is 5.92 Å². The molecule has 2 saturated heterocycles. The topological polar surface area (TPSA) is 87.7 Å². The molecule has 0 saturated carbocycles. The predicted octanol–water partition coefficient (Wildman–Crippen LogP) is 2.09. The first kappa shape index (κ1) is 20.9. The van der Waals surface area contributed by atoms with Crippen LogP contribution in [0.1, 0.15) is 6.42 Å². The first-order chi connectivity index (χ1) is 14.8. The summed E-state index contributed by atoms with van der Waals surface area (Å²) in [5, 5.41) is 10.4. The molecule has 0 aliphatic carbocycles. The van der Waals surface area contributed by atoms with E-state index in [9.17, 15) is 22.8 Å². The van der Waals surface area contributed by atoms with Gasteiger partial charge < -0.3 is 19.9 Å². The number of alkyl halides is 3. The van der Waals surface area contributed by atoms with E-state index in [1.807, 2.05) is 11.0 Å². The minimum Gasteiger partial charge on any atom is -0.487 e. The monoisotopic (exact) mass is 435 g/mol. The Morgan fingerprint density at radius 2 is 1.77 bits per heavy atom. The highest BCUT2D eigenvalue weighted by Crippen LogP contribution is 2.26. The first-order valence-corrected chi connectivity index (χ1v) is 9.70. The highest BCUT2D eigenvalue weighted by Gasteiger charge is 2.39. The van der Waals surface area contributed by atoms with E-state index >= 15 is 0 Å². The summed E-state index contributed by atoms with van der Waals surface area (Å²) in [7, 11) is 0. The quantitative estimate of drug-likeness (QED) is 0.748. The van der Waals surface area contributed by atoms with Crippen LogP contribution in [0.25, 0.3) is 0 Å². The zero-order valence-corrected chi connectivity index (χ0v) is 16.4. The second kappa shape index (κ2) is 8.40. The second-order valence-corrected chi connectivity index (χ2v) is 7.55.